The largest absolute Gasteiger partial charge is 0.378 e. The van der Waals surface area contributed by atoms with E-state index >= 15 is 0 Å². The molecule has 0 radical (unpaired) electrons. The van der Waals surface area contributed by atoms with E-state index in [9.17, 15) is 18.5 Å². The zero-order valence-electron chi connectivity index (χ0n) is 22.0. The van der Waals surface area contributed by atoms with Crippen molar-refractivity contribution in [3.8, 4) is 6.07 Å². The molecule has 2 saturated heterocycles. The number of nitrogens with zero attached hydrogens (tertiary/aromatic N) is 6. The lowest BCUT2D eigenvalue weighted by molar-refractivity contribution is 0.0607. The lowest BCUT2D eigenvalue weighted by Crippen LogP contribution is -2.39. The van der Waals surface area contributed by atoms with E-state index in [0.29, 0.717) is 42.4 Å². The number of aromatic nitrogens is 3. The van der Waals surface area contributed by atoms with Gasteiger partial charge in [0.15, 0.2) is 5.65 Å². The van der Waals surface area contributed by atoms with E-state index in [-0.39, 0.29) is 35.2 Å². The highest BCUT2D eigenvalue weighted by atomic mass is 35.5. The van der Waals surface area contributed by atoms with E-state index in [1.54, 1.807) is 22.6 Å². The van der Waals surface area contributed by atoms with Crippen LogP contribution in [0.3, 0.4) is 0 Å². The SMILES string of the molecule is COC1CN(c2nc3cc([C@@H]4CCCCN4C(=O)c4cc(Cl)ccc4NS(C)(=O)=O)nn3cc2C)CC1C#N. The molecule has 1 N–H and O–H groups in total. The number of methoxy groups -OCH3 is 1. The van der Waals surface area contributed by atoms with Gasteiger partial charge in [-0.05, 0) is 44.4 Å². The van der Waals surface area contributed by atoms with Crippen LogP contribution in [0.5, 0.6) is 0 Å². The minimum atomic E-state index is -3.60. The Hall–Kier alpha value is -3.40. The van der Waals surface area contributed by atoms with E-state index < -0.39 is 10.0 Å². The number of piperidine rings is 1. The Morgan fingerprint density at radius 2 is 2.05 bits per heavy atom. The molecule has 2 aromatic heterocycles. The molecule has 39 heavy (non-hydrogen) atoms. The van der Waals surface area contributed by atoms with Crippen molar-refractivity contribution in [1.82, 2.24) is 19.5 Å². The molecule has 1 amide bonds. The first-order valence-electron chi connectivity index (χ1n) is 12.7. The van der Waals surface area contributed by atoms with Gasteiger partial charge in [0, 0.05) is 49.6 Å². The van der Waals surface area contributed by atoms with Crippen LogP contribution in [0.2, 0.25) is 5.02 Å². The molecule has 3 atom stereocenters. The number of benzene rings is 1. The summed E-state index contributed by atoms with van der Waals surface area (Å²) in [5.74, 6) is 0.226. The summed E-state index contributed by atoms with van der Waals surface area (Å²) in [6, 6.07) is 8.43. The smallest absolute Gasteiger partial charge is 0.256 e. The number of halogens is 1. The van der Waals surface area contributed by atoms with Gasteiger partial charge in [-0.15, -0.1) is 0 Å². The minimum Gasteiger partial charge on any atom is -0.378 e. The molecule has 13 heteroatoms. The van der Waals surface area contributed by atoms with E-state index in [0.717, 1.165) is 30.5 Å². The molecule has 0 bridgehead atoms. The molecule has 1 aromatic carbocycles. The third kappa shape index (κ3) is 5.52. The maximum absolute atomic E-state index is 13.8. The second-order valence-electron chi connectivity index (χ2n) is 10.1. The average Bonchev–Trinajstić information content (AvgIpc) is 3.51. The maximum atomic E-state index is 13.8. The normalized spacial score (nSPS) is 21.8. The van der Waals surface area contributed by atoms with Gasteiger partial charge in [-0.3, -0.25) is 9.52 Å². The Labute approximate surface area is 232 Å². The van der Waals surface area contributed by atoms with Gasteiger partial charge in [0.05, 0.1) is 47.3 Å². The quantitative estimate of drug-likeness (QED) is 0.476. The second kappa shape index (κ2) is 10.6. The highest BCUT2D eigenvalue weighted by molar-refractivity contribution is 7.92. The topological polar surface area (TPSA) is 133 Å². The molecule has 2 fully saturated rings. The molecule has 0 saturated carbocycles. The van der Waals surface area contributed by atoms with Gasteiger partial charge in [-0.1, -0.05) is 11.6 Å². The fourth-order valence-electron chi connectivity index (χ4n) is 5.43. The van der Waals surface area contributed by atoms with Gasteiger partial charge in [-0.2, -0.15) is 10.4 Å². The molecule has 2 aliphatic rings. The number of anilines is 2. The first-order valence-corrected chi connectivity index (χ1v) is 15.0. The van der Waals surface area contributed by atoms with Crippen molar-refractivity contribution in [2.45, 2.75) is 38.3 Å². The zero-order chi connectivity index (χ0) is 27.9. The van der Waals surface area contributed by atoms with Gasteiger partial charge < -0.3 is 14.5 Å². The summed E-state index contributed by atoms with van der Waals surface area (Å²) in [6.45, 7) is 3.57. The summed E-state index contributed by atoms with van der Waals surface area (Å²) in [5.41, 5.74) is 2.63. The number of nitrogens with one attached hydrogen (secondary N) is 1. The van der Waals surface area contributed by atoms with E-state index in [1.807, 2.05) is 19.2 Å². The molecule has 4 heterocycles. The number of fused-ring (bicyclic) bond motifs is 1. The number of aryl methyl sites for hydroxylation is 1. The van der Waals surface area contributed by atoms with Crippen LogP contribution in [0, 0.1) is 24.2 Å². The van der Waals surface area contributed by atoms with Crippen LogP contribution in [0.4, 0.5) is 11.5 Å². The molecule has 2 aliphatic heterocycles. The molecule has 0 spiro atoms. The number of rotatable bonds is 6. The number of hydrogen-bond donors (Lipinski definition) is 1. The standard InChI is InChI=1S/C26H30ClN7O4S/c1-16-13-34-24(29-25(16)32-14-17(12-28)23(15-32)38-2)11-21(30-34)22-6-4-5-9-33(22)26(35)19-10-18(27)7-8-20(19)31-39(3,36)37/h7-8,10-11,13,17,22-23,31H,4-6,9,14-15H2,1-3H3/t17?,22-,23?/m0/s1. The Morgan fingerprint density at radius 1 is 1.26 bits per heavy atom. The van der Waals surface area contributed by atoms with Crippen LogP contribution in [0.1, 0.15) is 46.9 Å². The van der Waals surface area contributed by atoms with Crippen molar-refractivity contribution in [2.24, 2.45) is 5.92 Å². The maximum Gasteiger partial charge on any atom is 0.256 e. The Balaban J connectivity index is 1.47. The number of carbonyl (C=O) groups excluding carboxylic acids is 1. The first kappa shape index (κ1) is 27.2. The number of amides is 1. The predicted octanol–water partition coefficient (Wildman–Crippen LogP) is 3.40. The number of ether oxygens (including phenoxy) is 1. The third-order valence-corrected chi connectivity index (χ3v) is 8.10. The average molecular weight is 572 g/mol. The Bertz CT molecular complexity index is 1570. The number of carbonyl (C=O) groups is 1. The number of likely N-dealkylation sites (tertiary alicyclic amines) is 1. The van der Waals surface area contributed by atoms with Crippen LogP contribution in [0.15, 0.2) is 30.5 Å². The summed E-state index contributed by atoms with van der Waals surface area (Å²) in [6.07, 6.45) is 5.22. The van der Waals surface area contributed by atoms with Crippen LogP contribution in [-0.2, 0) is 14.8 Å². The van der Waals surface area contributed by atoms with Crippen LogP contribution >= 0.6 is 11.6 Å². The zero-order valence-corrected chi connectivity index (χ0v) is 23.5. The highest BCUT2D eigenvalue weighted by Gasteiger charge is 2.35. The summed E-state index contributed by atoms with van der Waals surface area (Å²) in [7, 11) is -1.99. The molecule has 3 aromatic rings. The molecule has 5 rings (SSSR count). The first-order chi connectivity index (χ1) is 18.6. The van der Waals surface area contributed by atoms with E-state index in [2.05, 4.69) is 15.7 Å². The number of nitriles is 1. The highest BCUT2D eigenvalue weighted by Crippen LogP contribution is 2.35. The monoisotopic (exact) mass is 571 g/mol. The van der Waals surface area contributed by atoms with Crippen LogP contribution < -0.4 is 9.62 Å². The summed E-state index contributed by atoms with van der Waals surface area (Å²) in [4.78, 5) is 22.5. The van der Waals surface area contributed by atoms with Crippen molar-refractivity contribution in [1.29, 1.82) is 5.26 Å². The molecule has 2 unspecified atom stereocenters. The van der Waals surface area contributed by atoms with Gasteiger partial charge in [0.2, 0.25) is 10.0 Å². The van der Waals surface area contributed by atoms with Crippen molar-refractivity contribution < 1.29 is 17.9 Å². The van der Waals surface area contributed by atoms with Crippen molar-refractivity contribution in [3.05, 3.63) is 52.3 Å². The van der Waals surface area contributed by atoms with E-state index in [1.165, 1.54) is 12.1 Å². The summed E-state index contributed by atoms with van der Waals surface area (Å²) >= 11 is 6.20. The molecule has 11 nitrogen and oxygen atoms in total. The predicted molar refractivity (Wildman–Crippen MR) is 147 cm³/mol. The molecule has 206 valence electrons. The second-order valence-corrected chi connectivity index (χ2v) is 12.3. The lowest BCUT2D eigenvalue weighted by Gasteiger charge is -2.35. The molecular weight excluding hydrogens is 542 g/mol. The van der Waals surface area contributed by atoms with Crippen molar-refractivity contribution in [2.75, 3.05) is 42.6 Å². The van der Waals surface area contributed by atoms with Crippen LogP contribution in [-0.4, -0.2) is 72.9 Å². The number of hydrogen-bond acceptors (Lipinski definition) is 8. The molecule has 0 aliphatic carbocycles. The minimum absolute atomic E-state index is 0.178. The van der Waals surface area contributed by atoms with Gasteiger partial charge in [0.25, 0.3) is 5.91 Å². The summed E-state index contributed by atoms with van der Waals surface area (Å²) < 4.78 is 33.5. The van der Waals surface area contributed by atoms with Crippen molar-refractivity contribution in [3.63, 3.8) is 0 Å². The molecular formula is C26H30ClN7O4S. The van der Waals surface area contributed by atoms with E-state index in [4.69, 9.17) is 26.4 Å². The van der Waals surface area contributed by atoms with Gasteiger partial charge in [-0.25, -0.2) is 17.9 Å². The lowest BCUT2D eigenvalue weighted by atomic mass is 9.98. The fraction of sp³-hybridized carbons (Fsp3) is 0.462. The van der Waals surface area contributed by atoms with Crippen molar-refractivity contribution >= 4 is 44.7 Å². The number of sulfonamides is 1. The van der Waals surface area contributed by atoms with Crippen LogP contribution in [0.25, 0.3) is 5.65 Å². The Morgan fingerprint density at radius 3 is 2.74 bits per heavy atom. The van der Waals surface area contributed by atoms with Gasteiger partial charge in [0.1, 0.15) is 5.82 Å². The van der Waals surface area contributed by atoms with Gasteiger partial charge >= 0.3 is 0 Å². The fourth-order valence-corrected chi connectivity index (χ4v) is 6.18. The Kier molecular flexibility index (Phi) is 7.41. The third-order valence-electron chi connectivity index (χ3n) is 7.27. The summed E-state index contributed by atoms with van der Waals surface area (Å²) in [5, 5.41) is 14.6.